The molecule has 3 nitrogen and oxygen atoms in total. The summed E-state index contributed by atoms with van der Waals surface area (Å²) < 4.78 is 6.27. The largest absolute Gasteiger partial charge is 0.387 e. The molecule has 18 heavy (non-hydrogen) atoms. The Labute approximate surface area is 117 Å². The Bertz CT molecular complexity index is 369. The Morgan fingerprint density at radius 1 is 1.44 bits per heavy atom. The number of β-amino-alcohol motifs (C(OH)–C–C–N with tert-alkyl or cyclic N) is 1. The lowest BCUT2D eigenvalue weighted by Gasteiger charge is -2.26. The van der Waals surface area contributed by atoms with Crippen molar-refractivity contribution < 1.29 is 9.84 Å². The standard InChI is InChI=1S/C14H20BrNO2/c1-18-10-13-3-2-8-16(13)9-14(17)11-4-6-12(15)7-5-11/h4-7,13-14,17H,2-3,8-10H2,1H3. The molecule has 1 aromatic carbocycles. The van der Waals surface area contributed by atoms with Gasteiger partial charge in [0.2, 0.25) is 0 Å². The van der Waals surface area contributed by atoms with Gasteiger partial charge in [-0.15, -0.1) is 0 Å². The van der Waals surface area contributed by atoms with Gasteiger partial charge in [0.1, 0.15) is 0 Å². The summed E-state index contributed by atoms with van der Waals surface area (Å²) in [7, 11) is 1.74. The van der Waals surface area contributed by atoms with Gasteiger partial charge in [0.25, 0.3) is 0 Å². The van der Waals surface area contributed by atoms with Crippen molar-refractivity contribution in [1.29, 1.82) is 0 Å². The van der Waals surface area contributed by atoms with E-state index >= 15 is 0 Å². The van der Waals surface area contributed by atoms with E-state index in [1.165, 1.54) is 12.8 Å². The van der Waals surface area contributed by atoms with Crippen LogP contribution >= 0.6 is 15.9 Å². The van der Waals surface area contributed by atoms with Crippen molar-refractivity contribution in [2.24, 2.45) is 0 Å². The van der Waals surface area contributed by atoms with Crippen molar-refractivity contribution in [1.82, 2.24) is 4.90 Å². The molecule has 100 valence electrons. The summed E-state index contributed by atoms with van der Waals surface area (Å²) >= 11 is 3.40. The molecule has 1 aromatic rings. The Morgan fingerprint density at radius 3 is 2.83 bits per heavy atom. The van der Waals surface area contributed by atoms with Crippen molar-refractivity contribution >= 4 is 15.9 Å². The fraction of sp³-hybridized carbons (Fsp3) is 0.571. The summed E-state index contributed by atoms with van der Waals surface area (Å²) in [6, 6.07) is 8.33. The summed E-state index contributed by atoms with van der Waals surface area (Å²) in [4.78, 5) is 2.33. The van der Waals surface area contributed by atoms with E-state index in [1.54, 1.807) is 7.11 Å². The fourth-order valence-corrected chi connectivity index (χ4v) is 2.79. The molecule has 2 rings (SSSR count). The molecule has 2 unspecified atom stereocenters. The van der Waals surface area contributed by atoms with Gasteiger partial charge in [-0.1, -0.05) is 28.1 Å². The van der Waals surface area contributed by atoms with Gasteiger partial charge in [-0.05, 0) is 37.1 Å². The van der Waals surface area contributed by atoms with Crippen molar-refractivity contribution in [3.8, 4) is 0 Å². The van der Waals surface area contributed by atoms with E-state index in [4.69, 9.17) is 4.74 Å². The van der Waals surface area contributed by atoms with Crippen LogP contribution in [0.3, 0.4) is 0 Å². The third-order valence-corrected chi connectivity index (χ3v) is 4.05. The maximum Gasteiger partial charge on any atom is 0.0917 e. The summed E-state index contributed by atoms with van der Waals surface area (Å²) in [5.41, 5.74) is 0.973. The van der Waals surface area contributed by atoms with Crippen molar-refractivity contribution in [2.75, 3.05) is 26.8 Å². The number of hydrogen-bond acceptors (Lipinski definition) is 3. The maximum atomic E-state index is 10.3. The van der Waals surface area contributed by atoms with E-state index in [1.807, 2.05) is 24.3 Å². The van der Waals surface area contributed by atoms with Gasteiger partial charge in [0.15, 0.2) is 0 Å². The molecule has 0 aromatic heterocycles. The lowest BCUT2D eigenvalue weighted by Crippen LogP contribution is -2.36. The minimum Gasteiger partial charge on any atom is -0.387 e. The minimum atomic E-state index is -0.421. The molecule has 4 heteroatoms. The molecule has 0 radical (unpaired) electrons. The minimum absolute atomic E-state index is 0.421. The zero-order valence-corrected chi connectivity index (χ0v) is 12.3. The lowest BCUT2D eigenvalue weighted by molar-refractivity contribution is 0.0703. The van der Waals surface area contributed by atoms with Gasteiger partial charge < -0.3 is 9.84 Å². The predicted molar refractivity (Wildman–Crippen MR) is 75.6 cm³/mol. The highest BCUT2D eigenvalue weighted by molar-refractivity contribution is 9.10. The highest BCUT2D eigenvalue weighted by atomic mass is 79.9. The van der Waals surface area contributed by atoms with Crippen LogP contribution in [0.5, 0.6) is 0 Å². The number of aliphatic hydroxyl groups is 1. The fourth-order valence-electron chi connectivity index (χ4n) is 2.53. The summed E-state index contributed by atoms with van der Waals surface area (Å²) in [5, 5.41) is 10.3. The number of methoxy groups -OCH3 is 1. The zero-order valence-electron chi connectivity index (χ0n) is 10.7. The number of ether oxygens (including phenoxy) is 1. The van der Waals surface area contributed by atoms with Crippen LogP contribution in [0.2, 0.25) is 0 Å². The first-order chi connectivity index (χ1) is 8.70. The van der Waals surface area contributed by atoms with Crippen LogP contribution in [-0.2, 0) is 4.74 Å². The van der Waals surface area contributed by atoms with Crippen LogP contribution in [0.1, 0.15) is 24.5 Å². The third kappa shape index (κ3) is 3.54. The molecule has 0 spiro atoms. The van der Waals surface area contributed by atoms with Crippen LogP contribution in [0.15, 0.2) is 28.7 Å². The summed E-state index contributed by atoms with van der Waals surface area (Å²) in [6.45, 7) is 2.50. The van der Waals surface area contributed by atoms with E-state index < -0.39 is 6.10 Å². The molecule has 1 aliphatic rings. The molecular weight excluding hydrogens is 294 g/mol. The van der Waals surface area contributed by atoms with Gasteiger partial charge in [-0.3, -0.25) is 4.90 Å². The van der Waals surface area contributed by atoms with E-state index in [2.05, 4.69) is 20.8 Å². The molecule has 0 aliphatic carbocycles. The van der Waals surface area contributed by atoms with Crippen LogP contribution < -0.4 is 0 Å². The second-order valence-electron chi connectivity index (χ2n) is 4.81. The first-order valence-electron chi connectivity index (χ1n) is 6.37. The van der Waals surface area contributed by atoms with Crippen LogP contribution in [0.4, 0.5) is 0 Å². The number of nitrogens with zero attached hydrogens (tertiary/aromatic N) is 1. The van der Waals surface area contributed by atoms with E-state index in [0.717, 1.165) is 23.2 Å². The Kier molecular flexibility index (Phi) is 5.18. The third-order valence-electron chi connectivity index (χ3n) is 3.52. The van der Waals surface area contributed by atoms with Gasteiger partial charge >= 0.3 is 0 Å². The summed E-state index contributed by atoms with van der Waals surface area (Å²) in [6.07, 6.45) is 1.94. The number of rotatable bonds is 5. The van der Waals surface area contributed by atoms with Gasteiger partial charge in [-0.2, -0.15) is 0 Å². The van der Waals surface area contributed by atoms with Crippen LogP contribution in [-0.4, -0.2) is 42.9 Å². The summed E-state index contributed by atoms with van der Waals surface area (Å²) in [5.74, 6) is 0. The van der Waals surface area contributed by atoms with Crippen molar-refractivity contribution in [2.45, 2.75) is 25.0 Å². The van der Waals surface area contributed by atoms with Crippen LogP contribution in [0.25, 0.3) is 0 Å². The highest BCUT2D eigenvalue weighted by Gasteiger charge is 2.26. The monoisotopic (exact) mass is 313 g/mol. The SMILES string of the molecule is COCC1CCCN1CC(O)c1ccc(Br)cc1. The molecule has 0 saturated carbocycles. The number of likely N-dealkylation sites (tertiary alicyclic amines) is 1. The smallest absolute Gasteiger partial charge is 0.0917 e. The molecule has 1 fully saturated rings. The van der Waals surface area contributed by atoms with Crippen LogP contribution in [0, 0.1) is 0 Å². The van der Waals surface area contributed by atoms with Crippen molar-refractivity contribution in [3.63, 3.8) is 0 Å². The Hall–Kier alpha value is -0.420. The molecule has 0 amide bonds. The molecule has 1 heterocycles. The zero-order chi connectivity index (χ0) is 13.0. The number of aliphatic hydroxyl groups excluding tert-OH is 1. The Balaban J connectivity index is 1.94. The first kappa shape index (κ1) is 14.0. The second kappa shape index (κ2) is 6.66. The molecule has 1 N–H and O–H groups in total. The predicted octanol–water partition coefficient (Wildman–Crippen LogP) is 2.59. The van der Waals surface area contributed by atoms with Gasteiger partial charge in [0.05, 0.1) is 12.7 Å². The number of benzene rings is 1. The average Bonchev–Trinajstić information content (AvgIpc) is 2.78. The molecule has 1 saturated heterocycles. The normalized spacial score (nSPS) is 22.3. The van der Waals surface area contributed by atoms with E-state index in [9.17, 15) is 5.11 Å². The topological polar surface area (TPSA) is 32.7 Å². The average molecular weight is 314 g/mol. The Morgan fingerprint density at radius 2 is 2.17 bits per heavy atom. The number of hydrogen-bond donors (Lipinski definition) is 1. The first-order valence-corrected chi connectivity index (χ1v) is 7.16. The van der Waals surface area contributed by atoms with Gasteiger partial charge in [0, 0.05) is 24.2 Å². The highest BCUT2D eigenvalue weighted by Crippen LogP contribution is 2.23. The van der Waals surface area contributed by atoms with Crippen molar-refractivity contribution in [3.05, 3.63) is 34.3 Å². The van der Waals surface area contributed by atoms with Gasteiger partial charge in [-0.25, -0.2) is 0 Å². The molecule has 2 atom stereocenters. The van der Waals surface area contributed by atoms with E-state index in [0.29, 0.717) is 12.6 Å². The van der Waals surface area contributed by atoms with E-state index in [-0.39, 0.29) is 0 Å². The quantitative estimate of drug-likeness (QED) is 0.907. The molecule has 0 bridgehead atoms. The maximum absolute atomic E-state index is 10.3. The number of halogens is 1. The molecule has 1 aliphatic heterocycles. The molecular formula is C14H20BrNO2. The second-order valence-corrected chi connectivity index (χ2v) is 5.73. The lowest BCUT2D eigenvalue weighted by atomic mass is 10.1.